The summed E-state index contributed by atoms with van der Waals surface area (Å²) in [6, 6.07) is 9.01. The van der Waals surface area contributed by atoms with Crippen molar-refractivity contribution in [2.45, 2.75) is 20.4 Å². The molecule has 0 unspecified atom stereocenters. The van der Waals surface area contributed by atoms with E-state index in [1.807, 2.05) is 47.5 Å². The molecule has 1 aliphatic heterocycles. The van der Waals surface area contributed by atoms with Crippen LogP contribution < -0.4 is 5.56 Å². The number of rotatable bonds is 4. The lowest BCUT2D eigenvalue weighted by Crippen LogP contribution is -2.50. The first kappa shape index (κ1) is 18.4. The molecule has 1 saturated heterocycles. The van der Waals surface area contributed by atoms with E-state index in [-0.39, 0.29) is 11.5 Å². The number of amides is 1. The summed E-state index contributed by atoms with van der Waals surface area (Å²) in [5.41, 5.74) is 2.93. The molecule has 3 aromatic heterocycles. The Morgan fingerprint density at radius 3 is 2.61 bits per heavy atom. The number of pyridine rings is 1. The molecule has 0 saturated carbocycles. The average Bonchev–Trinajstić information content (AvgIpc) is 3.04. The van der Waals surface area contributed by atoms with Crippen molar-refractivity contribution in [3.8, 4) is 0 Å². The number of aryl methyl sites for hydroxylation is 2. The van der Waals surface area contributed by atoms with E-state index < -0.39 is 0 Å². The molecule has 0 radical (unpaired) electrons. The fourth-order valence-corrected chi connectivity index (χ4v) is 3.64. The highest BCUT2D eigenvalue weighted by atomic mass is 16.2. The normalized spacial score (nSPS) is 15.3. The van der Waals surface area contributed by atoms with Crippen LogP contribution in [0.1, 0.15) is 21.9 Å². The van der Waals surface area contributed by atoms with Gasteiger partial charge in [0.2, 0.25) is 0 Å². The predicted octanol–water partition coefficient (Wildman–Crippen LogP) is 0.966. The van der Waals surface area contributed by atoms with Crippen LogP contribution in [-0.2, 0) is 6.54 Å². The Bertz CT molecular complexity index is 1060. The Kier molecular flexibility index (Phi) is 4.95. The molecule has 1 fully saturated rings. The molecule has 8 nitrogen and oxygen atoms in total. The Hall–Kier alpha value is -3.00. The van der Waals surface area contributed by atoms with Crippen LogP contribution in [0, 0.1) is 13.8 Å². The first-order valence-electron chi connectivity index (χ1n) is 9.53. The van der Waals surface area contributed by atoms with Gasteiger partial charge in [-0.25, -0.2) is 9.67 Å². The maximum atomic E-state index is 13.1. The first-order valence-corrected chi connectivity index (χ1v) is 9.53. The zero-order valence-electron chi connectivity index (χ0n) is 16.2. The number of piperazine rings is 1. The molecular weight excluding hydrogens is 356 g/mol. The van der Waals surface area contributed by atoms with Gasteiger partial charge in [0, 0.05) is 45.0 Å². The summed E-state index contributed by atoms with van der Waals surface area (Å²) in [7, 11) is 0. The Morgan fingerprint density at radius 1 is 1.04 bits per heavy atom. The minimum atomic E-state index is -0.0810. The van der Waals surface area contributed by atoms with Crippen LogP contribution in [0.3, 0.4) is 0 Å². The average molecular weight is 380 g/mol. The molecule has 0 bridgehead atoms. The third-order valence-electron chi connectivity index (χ3n) is 5.19. The lowest BCUT2D eigenvalue weighted by atomic mass is 10.2. The fourth-order valence-electron chi connectivity index (χ4n) is 3.64. The predicted molar refractivity (Wildman–Crippen MR) is 106 cm³/mol. The third-order valence-corrected chi connectivity index (χ3v) is 5.19. The molecule has 3 aromatic rings. The van der Waals surface area contributed by atoms with Crippen molar-refractivity contribution < 1.29 is 4.79 Å². The molecule has 4 heterocycles. The summed E-state index contributed by atoms with van der Waals surface area (Å²) in [6.07, 6.45) is 1.88. The monoisotopic (exact) mass is 380 g/mol. The number of nitrogens with zero attached hydrogens (tertiary/aromatic N) is 6. The Labute approximate surface area is 163 Å². The highest BCUT2D eigenvalue weighted by Gasteiger charge is 2.26. The molecule has 28 heavy (non-hydrogen) atoms. The van der Waals surface area contributed by atoms with Crippen molar-refractivity contribution in [1.82, 2.24) is 29.0 Å². The molecular formula is C20H24N6O2. The molecule has 8 heteroatoms. The molecule has 146 valence electrons. The van der Waals surface area contributed by atoms with Gasteiger partial charge in [0.25, 0.3) is 11.5 Å². The number of hydrogen-bond acceptors (Lipinski definition) is 5. The van der Waals surface area contributed by atoms with E-state index in [1.165, 1.54) is 4.68 Å². The smallest absolute Gasteiger partial charge is 0.272 e. The molecule has 4 rings (SSSR count). The van der Waals surface area contributed by atoms with Crippen LogP contribution in [0.25, 0.3) is 5.65 Å². The molecule has 0 N–H and O–H groups in total. The minimum absolute atomic E-state index is 0.0208. The standard InChI is InChI=1S/C20H24N6O2/c1-15-6-7-18(27)26(22-15)14-11-23-9-12-24(13-10-23)20(28)19-16(2)21-17-5-3-4-8-25(17)19/h3-8H,9-14H2,1-2H3. The van der Waals surface area contributed by atoms with Gasteiger partial charge in [-0.3, -0.25) is 18.9 Å². The second-order valence-electron chi connectivity index (χ2n) is 7.14. The van der Waals surface area contributed by atoms with Crippen molar-refractivity contribution >= 4 is 11.6 Å². The van der Waals surface area contributed by atoms with Crippen LogP contribution in [-0.4, -0.2) is 67.6 Å². The van der Waals surface area contributed by atoms with E-state index in [1.54, 1.807) is 12.1 Å². The highest BCUT2D eigenvalue weighted by Crippen LogP contribution is 2.15. The number of aromatic nitrogens is 4. The molecule has 0 spiro atoms. The minimum Gasteiger partial charge on any atom is -0.335 e. The number of imidazole rings is 1. The van der Waals surface area contributed by atoms with Gasteiger partial charge in [0.15, 0.2) is 0 Å². The van der Waals surface area contributed by atoms with Gasteiger partial charge in [-0.05, 0) is 32.0 Å². The number of fused-ring (bicyclic) bond motifs is 1. The van der Waals surface area contributed by atoms with Gasteiger partial charge in [-0.2, -0.15) is 5.10 Å². The topological polar surface area (TPSA) is 75.7 Å². The van der Waals surface area contributed by atoms with Gasteiger partial charge < -0.3 is 4.90 Å². The van der Waals surface area contributed by atoms with Crippen molar-refractivity contribution in [1.29, 1.82) is 0 Å². The number of carbonyl (C=O) groups excluding carboxylic acids is 1. The zero-order chi connectivity index (χ0) is 19.7. The first-order chi connectivity index (χ1) is 13.5. The third kappa shape index (κ3) is 3.55. The van der Waals surface area contributed by atoms with Crippen LogP contribution in [0.2, 0.25) is 0 Å². The Balaban J connectivity index is 1.38. The van der Waals surface area contributed by atoms with Gasteiger partial charge in [-0.1, -0.05) is 6.07 Å². The Morgan fingerprint density at radius 2 is 1.82 bits per heavy atom. The summed E-state index contributed by atoms with van der Waals surface area (Å²) in [4.78, 5) is 33.6. The van der Waals surface area contributed by atoms with E-state index in [4.69, 9.17) is 0 Å². The number of carbonyl (C=O) groups is 1. The van der Waals surface area contributed by atoms with Gasteiger partial charge in [0.1, 0.15) is 11.3 Å². The fraction of sp³-hybridized carbons (Fsp3) is 0.400. The molecule has 1 amide bonds. The highest BCUT2D eigenvalue weighted by molar-refractivity contribution is 5.94. The summed E-state index contributed by atoms with van der Waals surface area (Å²) < 4.78 is 3.37. The second-order valence-corrected chi connectivity index (χ2v) is 7.14. The lowest BCUT2D eigenvalue weighted by molar-refractivity contribution is 0.0624. The van der Waals surface area contributed by atoms with Gasteiger partial charge in [-0.15, -0.1) is 0 Å². The number of hydrogen-bond donors (Lipinski definition) is 0. The summed E-state index contributed by atoms with van der Waals surface area (Å²) >= 11 is 0. The maximum Gasteiger partial charge on any atom is 0.272 e. The second kappa shape index (κ2) is 7.55. The molecule has 0 aromatic carbocycles. The van der Waals surface area contributed by atoms with Crippen molar-refractivity contribution in [3.63, 3.8) is 0 Å². The van der Waals surface area contributed by atoms with Crippen LogP contribution >= 0.6 is 0 Å². The molecule has 1 aliphatic rings. The van der Waals surface area contributed by atoms with E-state index in [0.717, 1.165) is 36.7 Å². The SMILES string of the molecule is Cc1ccc(=O)n(CCN2CCN(C(=O)c3c(C)nc4ccccn34)CC2)n1. The van der Waals surface area contributed by atoms with Gasteiger partial charge >= 0.3 is 0 Å². The van der Waals surface area contributed by atoms with Crippen LogP contribution in [0.5, 0.6) is 0 Å². The van der Waals surface area contributed by atoms with Crippen molar-refractivity contribution in [3.05, 3.63) is 64.0 Å². The van der Waals surface area contributed by atoms with Crippen molar-refractivity contribution in [2.75, 3.05) is 32.7 Å². The van der Waals surface area contributed by atoms with Crippen LogP contribution in [0.15, 0.2) is 41.3 Å². The van der Waals surface area contributed by atoms with E-state index in [9.17, 15) is 9.59 Å². The molecule has 0 atom stereocenters. The van der Waals surface area contributed by atoms with E-state index in [0.29, 0.717) is 25.3 Å². The summed E-state index contributed by atoms with van der Waals surface area (Å²) in [6.45, 7) is 7.94. The summed E-state index contributed by atoms with van der Waals surface area (Å²) in [5.74, 6) is 0.0208. The summed E-state index contributed by atoms with van der Waals surface area (Å²) in [5, 5.41) is 4.28. The maximum absolute atomic E-state index is 13.1. The van der Waals surface area contributed by atoms with Crippen LogP contribution in [0.4, 0.5) is 0 Å². The molecule has 0 aliphatic carbocycles. The quantitative estimate of drug-likeness (QED) is 0.674. The zero-order valence-corrected chi connectivity index (χ0v) is 16.2. The van der Waals surface area contributed by atoms with E-state index >= 15 is 0 Å². The van der Waals surface area contributed by atoms with E-state index in [2.05, 4.69) is 15.0 Å². The van der Waals surface area contributed by atoms with Crippen molar-refractivity contribution in [2.24, 2.45) is 0 Å². The lowest BCUT2D eigenvalue weighted by Gasteiger charge is -2.34. The van der Waals surface area contributed by atoms with Gasteiger partial charge in [0.05, 0.1) is 17.9 Å². The largest absolute Gasteiger partial charge is 0.335 e.